The predicted molar refractivity (Wildman–Crippen MR) is 109 cm³/mol. The Bertz CT molecular complexity index is 1030. The Labute approximate surface area is 171 Å². The zero-order chi connectivity index (χ0) is 20.8. The van der Waals surface area contributed by atoms with Gasteiger partial charge in [-0.15, -0.1) is 11.3 Å². The number of carbonyl (C=O) groups excluding carboxylic acids is 2. The average molecular weight is 417 g/mol. The van der Waals surface area contributed by atoms with Crippen LogP contribution in [0, 0.1) is 5.82 Å². The number of fused-ring (bicyclic) bond motifs is 1. The zero-order valence-electron chi connectivity index (χ0n) is 16.0. The van der Waals surface area contributed by atoms with Crippen molar-refractivity contribution in [3.8, 4) is 11.5 Å². The van der Waals surface area contributed by atoms with Gasteiger partial charge in [-0.25, -0.2) is 9.18 Å². The van der Waals surface area contributed by atoms with Crippen LogP contribution in [0.25, 0.3) is 10.1 Å². The monoisotopic (exact) mass is 417 g/mol. The molecule has 0 fully saturated rings. The van der Waals surface area contributed by atoms with Gasteiger partial charge in [-0.2, -0.15) is 0 Å². The predicted octanol–water partition coefficient (Wildman–Crippen LogP) is 4.63. The minimum absolute atomic E-state index is 0.304. The summed E-state index contributed by atoms with van der Waals surface area (Å²) in [5, 5.41) is 3.27. The first kappa shape index (κ1) is 20.6. The molecule has 1 heterocycles. The van der Waals surface area contributed by atoms with Crippen molar-refractivity contribution in [2.75, 3.05) is 25.1 Å². The van der Waals surface area contributed by atoms with Crippen molar-refractivity contribution in [3.05, 3.63) is 53.2 Å². The second kappa shape index (κ2) is 9.38. The lowest BCUT2D eigenvalue weighted by Crippen LogP contribution is -2.20. The third-order valence-electron chi connectivity index (χ3n) is 3.84. The van der Waals surface area contributed by atoms with Gasteiger partial charge in [-0.05, 0) is 55.6 Å². The Balaban J connectivity index is 1.60. The lowest BCUT2D eigenvalue weighted by atomic mass is 10.2. The van der Waals surface area contributed by atoms with E-state index in [-0.39, 0.29) is 5.82 Å². The third kappa shape index (κ3) is 5.23. The number of thiophene rings is 1. The molecule has 1 aromatic heterocycles. The molecule has 1 N–H and O–H groups in total. The molecule has 0 saturated carbocycles. The van der Waals surface area contributed by atoms with Crippen LogP contribution in [0.15, 0.2) is 42.5 Å². The van der Waals surface area contributed by atoms with Crippen LogP contribution in [0.2, 0.25) is 0 Å². The highest BCUT2D eigenvalue weighted by molar-refractivity contribution is 7.20. The van der Waals surface area contributed by atoms with Gasteiger partial charge in [0, 0.05) is 16.5 Å². The SMILES string of the molecule is CCOc1ccc(NC(=O)COC(=O)c2cc3cc(F)ccc3s2)cc1OCC. The standard InChI is InChI=1S/C21H20FNO5S/c1-3-26-16-7-6-15(11-17(16)27-4-2)23-20(24)12-28-21(25)19-10-13-9-14(22)5-8-18(13)29-19/h5-11H,3-4,12H2,1-2H3,(H,23,24). The second-order valence-corrected chi connectivity index (χ2v) is 7.03. The number of halogens is 1. The van der Waals surface area contributed by atoms with E-state index in [1.807, 2.05) is 13.8 Å². The van der Waals surface area contributed by atoms with Crippen molar-refractivity contribution in [1.82, 2.24) is 0 Å². The average Bonchev–Trinajstić information content (AvgIpc) is 3.12. The number of ether oxygens (including phenoxy) is 3. The molecule has 0 unspecified atom stereocenters. The van der Waals surface area contributed by atoms with Gasteiger partial charge in [0.05, 0.1) is 13.2 Å². The highest BCUT2D eigenvalue weighted by atomic mass is 32.1. The summed E-state index contributed by atoms with van der Waals surface area (Å²) in [5.41, 5.74) is 0.496. The summed E-state index contributed by atoms with van der Waals surface area (Å²) in [5.74, 6) is -0.404. The summed E-state index contributed by atoms with van der Waals surface area (Å²) in [4.78, 5) is 24.6. The van der Waals surface area contributed by atoms with E-state index in [2.05, 4.69) is 5.32 Å². The van der Waals surface area contributed by atoms with Crippen LogP contribution in [0.4, 0.5) is 10.1 Å². The maximum Gasteiger partial charge on any atom is 0.348 e. The maximum absolute atomic E-state index is 13.3. The summed E-state index contributed by atoms with van der Waals surface area (Å²) in [7, 11) is 0. The Hall–Kier alpha value is -3.13. The van der Waals surface area contributed by atoms with Gasteiger partial charge >= 0.3 is 5.97 Å². The van der Waals surface area contributed by atoms with Crippen LogP contribution in [0.1, 0.15) is 23.5 Å². The van der Waals surface area contributed by atoms with E-state index in [1.165, 1.54) is 23.5 Å². The lowest BCUT2D eigenvalue weighted by Gasteiger charge is -2.13. The first-order valence-corrected chi connectivity index (χ1v) is 9.87. The Kier molecular flexibility index (Phi) is 6.66. The molecule has 1 amide bonds. The molecule has 3 rings (SSSR count). The smallest absolute Gasteiger partial charge is 0.348 e. The topological polar surface area (TPSA) is 73.9 Å². The van der Waals surface area contributed by atoms with Crippen LogP contribution in [-0.2, 0) is 9.53 Å². The molecule has 3 aromatic rings. The van der Waals surface area contributed by atoms with E-state index in [1.54, 1.807) is 30.3 Å². The molecule has 0 aliphatic heterocycles. The molecule has 0 spiro atoms. The fourth-order valence-electron chi connectivity index (χ4n) is 2.64. The van der Waals surface area contributed by atoms with E-state index in [9.17, 15) is 14.0 Å². The molecule has 8 heteroatoms. The zero-order valence-corrected chi connectivity index (χ0v) is 16.8. The van der Waals surface area contributed by atoms with Gasteiger partial charge in [0.15, 0.2) is 18.1 Å². The van der Waals surface area contributed by atoms with Crippen molar-refractivity contribution in [3.63, 3.8) is 0 Å². The first-order chi connectivity index (χ1) is 14.0. The largest absolute Gasteiger partial charge is 0.490 e. The molecule has 6 nitrogen and oxygen atoms in total. The van der Waals surface area contributed by atoms with E-state index < -0.39 is 18.5 Å². The summed E-state index contributed by atoms with van der Waals surface area (Å²) in [6.07, 6.45) is 0. The summed E-state index contributed by atoms with van der Waals surface area (Å²) < 4.78 is 30.1. The molecule has 0 radical (unpaired) electrons. The van der Waals surface area contributed by atoms with Gasteiger partial charge in [-0.3, -0.25) is 4.79 Å². The van der Waals surface area contributed by atoms with Gasteiger partial charge in [-0.1, -0.05) is 0 Å². The first-order valence-electron chi connectivity index (χ1n) is 9.06. The minimum Gasteiger partial charge on any atom is -0.490 e. The Morgan fingerprint density at radius 1 is 1.00 bits per heavy atom. The summed E-state index contributed by atoms with van der Waals surface area (Å²) in [6.45, 7) is 4.22. The summed E-state index contributed by atoms with van der Waals surface area (Å²) >= 11 is 1.18. The molecule has 0 aliphatic rings. The molecule has 2 aromatic carbocycles. The van der Waals surface area contributed by atoms with Crippen molar-refractivity contribution in [1.29, 1.82) is 0 Å². The van der Waals surface area contributed by atoms with Crippen LogP contribution in [0.5, 0.6) is 11.5 Å². The van der Waals surface area contributed by atoms with Crippen LogP contribution < -0.4 is 14.8 Å². The Morgan fingerprint density at radius 2 is 1.76 bits per heavy atom. The number of carbonyl (C=O) groups is 2. The molecule has 0 atom stereocenters. The molecular weight excluding hydrogens is 397 g/mol. The number of hydrogen-bond acceptors (Lipinski definition) is 6. The van der Waals surface area contributed by atoms with E-state index >= 15 is 0 Å². The number of hydrogen-bond donors (Lipinski definition) is 1. The van der Waals surface area contributed by atoms with Crippen LogP contribution >= 0.6 is 11.3 Å². The molecule has 0 bridgehead atoms. The van der Waals surface area contributed by atoms with E-state index in [0.717, 1.165) is 4.70 Å². The van der Waals surface area contributed by atoms with E-state index in [4.69, 9.17) is 14.2 Å². The molecule has 29 heavy (non-hydrogen) atoms. The van der Waals surface area contributed by atoms with Gasteiger partial charge in [0.1, 0.15) is 10.7 Å². The van der Waals surface area contributed by atoms with Crippen molar-refractivity contribution < 1.29 is 28.2 Å². The highest BCUT2D eigenvalue weighted by Gasteiger charge is 2.15. The molecule has 0 aliphatic carbocycles. The highest BCUT2D eigenvalue weighted by Crippen LogP contribution is 2.31. The van der Waals surface area contributed by atoms with Crippen LogP contribution in [-0.4, -0.2) is 31.7 Å². The third-order valence-corrected chi connectivity index (χ3v) is 4.94. The normalized spacial score (nSPS) is 10.6. The number of nitrogens with one attached hydrogen (secondary N) is 1. The number of esters is 1. The fraction of sp³-hybridized carbons (Fsp3) is 0.238. The van der Waals surface area contributed by atoms with Gasteiger partial charge in [0.25, 0.3) is 5.91 Å². The number of rotatable bonds is 8. The number of amides is 1. The molecular formula is C21H20FNO5S. The van der Waals surface area contributed by atoms with Crippen molar-refractivity contribution in [2.45, 2.75) is 13.8 Å². The van der Waals surface area contributed by atoms with E-state index in [0.29, 0.717) is 40.7 Å². The lowest BCUT2D eigenvalue weighted by molar-refractivity contribution is -0.119. The van der Waals surface area contributed by atoms with Crippen LogP contribution in [0.3, 0.4) is 0 Å². The number of benzene rings is 2. The maximum atomic E-state index is 13.3. The van der Waals surface area contributed by atoms with Crippen molar-refractivity contribution in [2.24, 2.45) is 0 Å². The quantitative estimate of drug-likeness (QED) is 0.541. The fourth-order valence-corrected chi connectivity index (χ4v) is 3.58. The number of anilines is 1. The van der Waals surface area contributed by atoms with Gasteiger partial charge < -0.3 is 19.5 Å². The second-order valence-electron chi connectivity index (χ2n) is 5.94. The van der Waals surface area contributed by atoms with Gasteiger partial charge in [0.2, 0.25) is 0 Å². The molecule has 152 valence electrons. The minimum atomic E-state index is -0.636. The summed E-state index contributed by atoms with van der Waals surface area (Å²) in [6, 6.07) is 10.8. The van der Waals surface area contributed by atoms with Crippen molar-refractivity contribution >= 4 is 39.0 Å². The molecule has 0 saturated heterocycles. The Morgan fingerprint density at radius 3 is 2.52 bits per heavy atom.